The van der Waals surface area contributed by atoms with Crippen molar-refractivity contribution < 1.29 is 8.42 Å². The largest absolute Gasteiger partial charge is 0.280 e. The zero-order valence-electron chi connectivity index (χ0n) is 11.4. The molecule has 106 valence electrons. The molecule has 0 atom stereocenters. The highest BCUT2D eigenvalue weighted by atomic mass is 35.5. The first-order chi connectivity index (χ1) is 9.44. The summed E-state index contributed by atoms with van der Waals surface area (Å²) in [5, 5.41) is 0.210. The van der Waals surface area contributed by atoms with E-state index in [0.29, 0.717) is 5.69 Å². The van der Waals surface area contributed by atoms with E-state index in [9.17, 15) is 8.42 Å². The number of rotatable bonds is 4. The van der Waals surface area contributed by atoms with Crippen LogP contribution in [0.4, 0.5) is 5.69 Å². The van der Waals surface area contributed by atoms with Crippen molar-refractivity contribution in [1.82, 2.24) is 0 Å². The summed E-state index contributed by atoms with van der Waals surface area (Å²) in [5.74, 6) is 0. The molecule has 2 rings (SSSR count). The van der Waals surface area contributed by atoms with Gasteiger partial charge in [-0.1, -0.05) is 36.7 Å². The number of anilines is 1. The summed E-state index contributed by atoms with van der Waals surface area (Å²) in [7, 11) is -3.66. The minimum atomic E-state index is -3.66. The van der Waals surface area contributed by atoms with Crippen molar-refractivity contribution in [2.75, 3.05) is 4.72 Å². The monoisotopic (exact) mass is 309 g/mol. The Hall–Kier alpha value is -1.52. The predicted molar refractivity (Wildman–Crippen MR) is 82.8 cm³/mol. The van der Waals surface area contributed by atoms with Gasteiger partial charge in [-0.05, 0) is 48.7 Å². The molecule has 0 aromatic heterocycles. The predicted octanol–water partition coefficient (Wildman–Crippen LogP) is 4.01. The normalized spacial score (nSPS) is 11.3. The molecule has 0 aliphatic rings. The number of hydrogen-bond donors (Lipinski definition) is 1. The second-order valence-corrected chi connectivity index (χ2v) is 6.59. The molecule has 5 heteroatoms. The van der Waals surface area contributed by atoms with E-state index in [4.69, 9.17) is 11.6 Å². The van der Waals surface area contributed by atoms with Crippen molar-refractivity contribution in [3.05, 3.63) is 58.6 Å². The fourth-order valence-corrected chi connectivity index (χ4v) is 3.60. The third kappa shape index (κ3) is 3.14. The van der Waals surface area contributed by atoms with Crippen molar-refractivity contribution >= 4 is 27.3 Å². The van der Waals surface area contributed by atoms with Crippen LogP contribution < -0.4 is 4.72 Å². The minimum absolute atomic E-state index is 0.0823. The van der Waals surface area contributed by atoms with Crippen LogP contribution in [0.15, 0.2) is 47.4 Å². The first-order valence-corrected chi connectivity index (χ1v) is 8.17. The van der Waals surface area contributed by atoms with Crippen molar-refractivity contribution in [2.45, 2.75) is 25.2 Å². The molecule has 0 bridgehead atoms. The van der Waals surface area contributed by atoms with Crippen LogP contribution in [0.25, 0.3) is 0 Å². The van der Waals surface area contributed by atoms with Crippen molar-refractivity contribution in [3.8, 4) is 0 Å². The van der Waals surface area contributed by atoms with E-state index in [-0.39, 0.29) is 9.92 Å². The van der Waals surface area contributed by atoms with Gasteiger partial charge in [-0.2, -0.15) is 0 Å². The van der Waals surface area contributed by atoms with Gasteiger partial charge in [0.05, 0.1) is 5.02 Å². The molecule has 0 spiro atoms. The molecular formula is C15H16ClNO2S. The van der Waals surface area contributed by atoms with Crippen LogP contribution in [0.5, 0.6) is 0 Å². The minimum Gasteiger partial charge on any atom is -0.280 e. The maximum Gasteiger partial charge on any atom is 0.263 e. The molecule has 0 aliphatic carbocycles. The number of hydrogen-bond acceptors (Lipinski definition) is 2. The summed E-state index contributed by atoms with van der Waals surface area (Å²) < 4.78 is 27.1. The molecule has 0 unspecified atom stereocenters. The van der Waals surface area contributed by atoms with Gasteiger partial charge in [-0.3, -0.25) is 4.72 Å². The van der Waals surface area contributed by atoms with Crippen molar-refractivity contribution in [3.63, 3.8) is 0 Å². The maximum atomic E-state index is 12.3. The highest BCUT2D eigenvalue weighted by molar-refractivity contribution is 7.92. The summed E-state index contributed by atoms with van der Waals surface area (Å²) in [6.07, 6.45) is 0.920. The first-order valence-electron chi connectivity index (χ1n) is 6.31. The first kappa shape index (κ1) is 14.9. The van der Waals surface area contributed by atoms with Crippen LogP contribution >= 0.6 is 11.6 Å². The second-order valence-electron chi connectivity index (χ2n) is 4.53. The molecule has 0 saturated carbocycles. The molecular weight excluding hydrogens is 294 g/mol. The number of nitrogens with one attached hydrogen (secondary N) is 1. The molecule has 3 nitrogen and oxygen atoms in total. The highest BCUT2D eigenvalue weighted by Gasteiger charge is 2.17. The average molecular weight is 310 g/mol. The Morgan fingerprint density at radius 2 is 1.85 bits per heavy atom. The Bertz CT molecular complexity index is 726. The van der Waals surface area contributed by atoms with Crippen molar-refractivity contribution in [1.29, 1.82) is 0 Å². The smallest absolute Gasteiger partial charge is 0.263 e. The summed E-state index contributed by atoms with van der Waals surface area (Å²) in [4.78, 5) is 0.0823. The van der Waals surface area contributed by atoms with Gasteiger partial charge in [0.25, 0.3) is 10.0 Å². The van der Waals surface area contributed by atoms with Crippen LogP contribution in [-0.2, 0) is 16.4 Å². The summed E-state index contributed by atoms with van der Waals surface area (Å²) in [5.41, 5.74) is 2.80. The molecule has 0 radical (unpaired) electrons. The van der Waals surface area contributed by atoms with Gasteiger partial charge < -0.3 is 0 Å². The number of sulfonamides is 1. The average Bonchev–Trinajstić information content (AvgIpc) is 2.38. The lowest BCUT2D eigenvalue weighted by Gasteiger charge is -2.11. The summed E-state index contributed by atoms with van der Waals surface area (Å²) in [6, 6.07) is 11.9. The Balaban J connectivity index is 2.34. The van der Waals surface area contributed by atoms with Crippen LogP contribution in [-0.4, -0.2) is 8.42 Å². The lowest BCUT2D eigenvalue weighted by molar-refractivity contribution is 0.601. The maximum absolute atomic E-state index is 12.3. The SMILES string of the molecule is CCc1ccc(NS(=O)(=O)c2ccccc2Cl)cc1C. The molecule has 2 aromatic carbocycles. The van der Waals surface area contributed by atoms with E-state index >= 15 is 0 Å². The van der Waals surface area contributed by atoms with Gasteiger partial charge >= 0.3 is 0 Å². The Morgan fingerprint density at radius 3 is 2.45 bits per heavy atom. The molecule has 0 aliphatic heterocycles. The summed E-state index contributed by atoms with van der Waals surface area (Å²) >= 11 is 5.93. The number of aryl methyl sites for hydroxylation is 2. The topological polar surface area (TPSA) is 46.2 Å². The van der Waals surface area contributed by atoms with E-state index in [0.717, 1.165) is 12.0 Å². The summed E-state index contributed by atoms with van der Waals surface area (Å²) in [6.45, 7) is 4.03. The fourth-order valence-electron chi connectivity index (χ4n) is 2.03. The highest BCUT2D eigenvalue weighted by Crippen LogP contribution is 2.24. The van der Waals surface area contributed by atoms with E-state index in [1.807, 2.05) is 19.1 Å². The van der Waals surface area contributed by atoms with E-state index in [1.54, 1.807) is 24.3 Å². The fraction of sp³-hybridized carbons (Fsp3) is 0.200. The van der Waals surface area contributed by atoms with Gasteiger partial charge in [0, 0.05) is 5.69 Å². The third-order valence-corrected chi connectivity index (χ3v) is 4.98. The van der Waals surface area contributed by atoms with Crippen molar-refractivity contribution in [2.24, 2.45) is 0 Å². The van der Waals surface area contributed by atoms with E-state index in [1.165, 1.54) is 11.6 Å². The van der Waals surface area contributed by atoms with Crippen LogP contribution in [0.1, 0.15) is 18.1 Å². The molecule has 2 aromatic rings. The Labute approximate surface area is 124 Å². The second kappa shape index (κ2) is 5.85. The van der Waals surface area contributed by atoms with Gasteiger partial charge in [0.1, 0.15) is 4.90 Å². The molecule has 0 amide bonds. The van der Waals surface area contributed by atoms with Crippen LogP contribution in [0.2, 0.25) is 5.02 Å². The van der Waals surface area contributed by atoms with E-state index in [2.05, 4.69) is 11.6 Å². The zero-order valence-corrected chi connectivity index (χ0v) is 12.9. The quantitative estimate of drug-likeness (QED) is 0.927. The molecule has 0 saturated heterocycles. The van der Waals surface area contributed by atoms with E-state index < -0.39 is 10.0 Å². The Kier molecular flexibility index (Phi) is 4.35. The number of benzene rings is 2. The molecule has 0 heterocycles. The van der Waals surface area contributed by atoms with Crippen LogP contribution in [0, 0.1) is 6.92 Å². The van der Waals surface area contributed by atoms with Gasteiger partial charge in [0.15, 0.2) is 0 Å². The molecule has 1 N–H and O–H groups in total. The lowest BCUT2D eigenvalue weighted by Crippen LogP contribution is -2.13. The Morgan fingerprint density at radius 1 is 1.15 bits per heavy atom. The lowest BCUT2D eigenvalue weighted by atomic mass is 10.1. The van der Waals surface area contributed by atoms with Gasteiger partial charge in [0.2, 0.25) is 0 Å². The molecule has 0 fully saturated rings. The molecule has 20 heavy (non-hydrogen) atoms. The van der Waals surface area contributed by atoms with Gasteiger partial charge in [-0.25, -0.2) is 8.42 Å². The standard InChI is InChI=1S/C15H16ClNO2S/c1-3-12-8-9-13(10-11(12)2)17-20(18,19)15-7-5-4-6-14(15)16/h4-10,17H,3H2,1-2H3. The third-order valence-electron chi connectivity index (χ3n) is 3.10. The van der Waals surface area contributed by atoms with Gasteiger partial charge in [-0.15, -0.1) is 0 Å². The zero-order chi connectivity index (χ0) is 14.8. The van der Waals surface area contributed by atoms with Crippen LogP contribution in [0.3, 0.4) is 0 Å². The number of halogens is 1.